The second-order valence-electron chi connectivity index (χ2n) is 3.67. The number of carbonyl (C=O) groups excluding carboxylic acids is 1. The van der Waals surface area contributed by atoms with Crippen molar-refractivity contribution in [2.45, 2.75) is 0 Å². The van der Waals surface area contributed by atoms with Gasteiger partial charge in [0.1, 0.15) is 11.6 Å². The molecule has 2 heterocycles. The van der Waals surface area contributed by atoms with Crippen LogP contribution in [-0.2, 0) is 11.8 Å². The maximum Gasteiger partial charge on any atom is 0.267 e. The third-order valence-corrected chi connectivity index (χ3v) is 3.84. The number of anilines is 1. The fraction of sp³-hybridized carbons (Fsp3) is 0.0833. The van der Waals surface area contributed by atoms with Crippen LogP contribution in [0.15, 0.2) is 33.8 Å². The van der Waals surface area contributed by atoms with Gasteiger partial charge in [0.05, 0.1) is 0 Å². The van der Waals surface area contributed by atoms with Gasteiger partial charge in [0.25, 0.3) is 5.91 Å². The molecule has 2 aromatic heterocycles. The lowest BCUT2D eigenvalue weighted by Crippen LogP contribution is -2.13. The lowest BCUT2D eigenvalue weighted by atomic mass is 10.2. The molecule has 0 radical (unpaired) electrons. The maximum atomic E-state index is 11.9. The van der Waals surface area contributed by atoms with E-state index in [2.05, 4.69) is 26.3 Å². The zero-order valence-electron chi connectivity index (χ0n) is 9.92. The highest BCUT2D eigenvalue weighted by atomic mass is 79.9. The summed E-state index contributed by atoms with van der Waals surface area (Å²) in [6.45, 7) is 0. The van der Waals surface area contributed by atoms with E-state index in [4.69, 9.17) is 5.26 Å². The molecule has 5 nitrogen and oxygen atoms in total. The first kappa shape index (κ1) is 13.5. The summed E-state index contributed by atoms with van der Waals surface area (Å²) in [5, 5.41) is 17.5. The van der Waals surface area contributed by atoms with E-state index in [1.165, 1.54) is 11.3 Å². The molecule has 2 rings (SSSR count). The molecule has 19 heavy (non-hydrogen) atoms. The number of aryl methyl sites for hydroxylation is 1. The van der Waals surface area contributed by atoms with Crippen LogP contribution in [0.2, 0.25) is 0 Å². The Labute approximate surface area is 122 Å². The SMILES string of the molecule is Cn1ccc(NC(=O)/C(C#N)=C\c2cc(Br)cs2)n1. The standard InChI is InChI=1S/C12H9BrN4OS/c1-17-3-2-11(16-17)15-12(18)8(6-14)4-10-5-9(13)7-19-10/h2-5,7H,1H3,(H,15,16,18)/b8-4-. The summed E-state index contributed by atoms with van der Waals surface area (Å²) < 4.78 is 2.49. The Balaban J connectivity index is 2.16. The lowest BCUT2D eigenvalue weighted by molar-refractivity contribution is -0.112. The Hall–Kier alpha value is -1.91. The summed E-state index contributed by atoms with van der Waals surface area (Å²) in [6, 6.07) is 5.40. The topological polar surface area (TPSA) is 70.7 Å². The Morgan fingerprint density at radius 3 is 3.00 bits per heavy atom. The van der Waals surface area contributed by atoms with Gasteiger partial charge in [0.2, 0.25) is 0 Å². The number of aromatic nitrogens is 2. The maximum absolute atomic E-state index is 11.9. The predicted molar refractivity (Wildman–Crippen MR) is 77.4 cm³/mol. The number of halogens is 1. The molecule has 0 atom stereocenters. The molecule has 0 aliphatic carbocycles. The van der Waals surface area contributed by atoms with Crippen LogP contribution >= 0.6 is 27.3 Å². The summed E-state index contributed by atoms with van der Waals surface area (Å²) in [6.07, 6.45) is 3.26. The van der Waals surface area contributed by atoms with Crippen LogP contribution in [0.5, 0.6) is 0 Å². The van der Waals surface area contributed by atoms with Gasteiger partial charge in [-0.05, 0) is 28.1 Å². The van der Waals surface area contributed by atoms with Gasteiger partial charge in [-0.25, -0.2) is 0 Å². The van der Waals surface area contributed by atoms with Crippen LogP contribution in [0.1, 0.15) is 4.88 Å². The minimum absolute atomic E-state index is 0.0417. The van der Waals surface area contributed by atoms with Gasteiger partial charge in [0.15, 0.2) is 5.82 Å². The number of carbonyl (C=O) groups is 1. The molecule has 0 fully saturated rings. The Morgan fingerprint density at radius 1 is 1.68 bits per heavy atom. The van der Waals surface area contributed by atoms with Crippen molar-refractivity contribution >= 4 is 45.1 Å². The fourth-order valence-corrected chi connectivity index (χ4v) is 2.74. The normalized spacial score (nSPS) is 11.1. The van der Waals surface area contributed by atoms with Crippen molar-refractivity contribution in [3.05, 3.63) is 38.6 Å². The van der Waals surface area contributed by atoms with Crippen molar-refractivity contribution in [3.63, 3.8) is 0 Å². The molecule has 1 amide bonds. The molecule has 0 saturated carbocycles. The van der Waals surface area contributed by atoms with Crippen LogP contribution in [0, 0.1) is 11.3 Å². The van der Waals surface area contributed by atoms with Crippen molar-refractivity contribution in [3.8, 4) is 6.07 Å². The molecule has 0 unspecified atom stereocenters. The number of nitrogens with one attached hydrogen (secondary N) is 1. The van der Waals surface area contributed by atoms with E-state index in [9.17, 15) is 4.79 Å². The van der Waals surface area contributed by atoms with Gasteiger partial charge in [0, 0.05) is 34.0 Å². The summed E-state index contributed by atoms with van der Waals surface area (Å²) in [5.41, 5.74) is 0.0417. The van der Waals surface area contributed by atoms with E-state index >= 15 is 0 Å². The number of rotatable bonds is 3. The van der Waals surface area contributed by atoms with Gasteiger partial charge in [-0.2, -0.15) is 10.4 Å². The highest BCUT2D eigenvalue weighted by Crippen LogP contribution is 2.22. The first-order valence-corrected chi connectivity index (χ1v) is 6.92. The molecule has 96 valence electrons. The summed E-state index contributed by atoms with van der Waals surface area (Å²) in [7, 11) is 1.75. The third-order valence-electron chi connectivity index (χ3n) is 2.19. The second-order valence-corrected chi connectivity index (χ2v) is 5.52. The lowest BCUT2D eigenvalue weighted by Gasteiger charge is -1.99. The minimum Gasteiger partial charge on any atom is -0.304 e. The highest BCUT2D eigenvalue weighted by molar-refractivity contribution is 9.10. The van der Waals surface area contributed by atoms with Gasteiger partial charge in [-0.15, -0.1) is 11.3 Å². The van der Waals surface area contributed by atoms with Crippen LogP contribution in [-0.4, -0.2) is 15.7 Å². The van der Waals surface area contributed by atoms with E-state index in [1.807, 2.05) is 17.5 Å². The van der Waals surface area contributed by atoms with E-state index in [-0.39, 0.29) is 5.57 Å². The smallest absolute Gasteiger partial charge is 0.267 e. The average Bonchev–Trinajstić information content (AvgIpc) is 2.95. The molecule has 0 aromatic carbocycles. The van der Waals surface area contributed by atoms with Crippen LogP contribution in [0.3, 0.4) is 0 Å². The van der Waals surface area contributed by atoms with Crippen molar-refractivity contribution in [1.82, 2.24) is 9.78 Å². The molecular weight excluding hydrogens is 328 g/mol. The largest absolute Gasteiger partial charge is 0.304 e. The van der Waals surface area contributed by atoms with Crippen molar-refractivity contribution in [2.75, 3.05) is 5.32 Å². The van der Waals surface area contributed by atoms with E-state index in [0.717, 1.165) is 9.35 Å². The number of amides is 1. The molecule has 0 aliphatic rings. The molecule has 7 heteroatoms. The van der Waals surface area contributed by atoms with Gasteiger partial charge < -0.3 is 5.32 Å². The van der Waals surface area contributed by atoms with Crippen molar-refractivity contribution in [2.24, 2.45) is 7.05 Å². The molecule has 2 aromatic rings. The first-order chi connectivity index (χ1) is 9.08. The van der Waals surface area contributed by atoms with E-state index in [0.29, 0.717) is 5.82 Å². The Bertz CT molecular complexity index is 680. The Kier molecular flexibility index (Phi) is 4.14. The zero-order valence-corrected chi connectivity index (χ0v) is 12.3. The molecule has 0 bridgehead atoms. The highest BCUT2D eigenvalue weighted by Gasteiger charge is 2.11. The van der Waals surface area contributed by atoms with Crippen LogP contribution in [0.25, 0.3) is 6.08 Å². The monoisotopic (exact) mass is 336 g/mol. The molecule has 0 aliphatic heterocycles. The van der Waals surface area contributed by atoms with E-state index < -0.39 is 5.91 Å². The summed E-state index contributed by atoms with van der Waals surface area (Å²) >= 11 is 4.77. The first-order valence-electron chi connectivity index (χ1n) is 5.25. The molecule has 0 saturated heterocycles. The van der Waals surface area contributed by atoms with Gasteiger partial charge in [-0.3, -0.25) is 9.48 Å². The Morgan fingerprint density at radius 2 is 2.47 bits per heavy atom. The summed E-state index contributed by atoms with van der Waals surface area (Å²) in [4.78, 5) is 12.7. The average molecular weight is 337 g/mol. The number of hydrogen-bond acceptors (Lipinski definition) is 4. The predicted octanol–water partition coefficient (Wildman–Crippen LogP) is 2.79. The van der Waals surface area contributed by atoms with Gasteiger partial charge >= 0.3 is 0 Å². The van der Waals surface area contributed by atoms with Crippen LogP contribution in [0.4, 0.5) is 5.82 Å². The molecule has 0 spiro atoms. The van der Waals surface area contributed by atoms with Crippen molar-refractivity contribution in [1.29, 1.82) is 5.26 Å². The molecule has 1 N–H and O–H groups in total. The third kappa shape index (κ3) is 3.53. The number of hydrogen-bond donors (Lipinski definition) is 1. The number of nitrogens with zero attached hydrogens (tertiary/aromatic N) is 3. The summed E-state index contributed by atoms with van der Waals surface area (Å²) in [5.74, 6) is -0.0493. The molecular formula is C12H9BrN4OS. The quantitative estimate of drug-likeness (QED) is 0.692. The second kappa shape index (κ2) is 5.82. The minimum atomic E-state index is -0.467. The van der Waals surface area contributed by atoms with Crippen LogP contribution < -0.4 is 5.32 Å². The van der Waals surface area contributed by atoms with Crippen molar-refractivity contribution < 1.29 is 4.79 Å². The van der Waals surface area contributed by atoms with Gasteiger partial charge in [-0.1, -0.05) is 0 Å². The van der Waals surface area contributed by atoms with E-state index in [1.54, 1.807) is 30.1 Å². The number of nitriles is 1. The number of thiophene rings is 1. The fourth-order valence-electron chi connectivity index (χ4n) is 1.36. The zero-order chi connectivity index (χ0) is 13.8.